The fraction of sp³-hybridized carbons (Fsp3) is 0.269. The summed E-state index contributed by atoms with van der Waals surface area (Å²) in [7, 11) is 1.72. The summed E-state index contributed by atoms with van der Waals surface area (Å²) in [5, 5.41) is 17.9. The lowest BCUT2D eigenvalue weighted by atomic mass is 10.0. The highest BCUT2D eigenvalue weighted by atomic mass is 19.1. The number of aryl methyl sites for hydroxylation is 1. The van der Waals surface area contributed by atoms with Gasteiger partial charge in [-0.2, -0.15) is 5.10 Å². The van der Waals surface area contributed by atoms with Crippen molar-refractivity contribution in [3.05, 3.63) is 77.0 Å². The fourth-order valence-corrected chi connectivity index (χ4v) is 4.07. The molecule has 0 aliphatic carbocycles. The van der Waals surface area contributed by atoms with Crippen LogP contribution in [0.1, 0.15) is 47.3 Å². The number of fused-ring (bicyclic) bond motifs is 1. The Bertz CT molecular complexity index is 1350. The van der Waals surface area contributed by atoms with E-state index in [4.69, 9.17) is 4.74 Å². The molecule has 1 unspecified atom stereocenters. The Labute approximate surface area is 197 Å². The Morgan fingerprint density at radius 2 is 2.06 bits per heavy atom. The summed E-state index contributed by atoms with van der Waals surface area (Å²) in [6.07, 6.45) is 0.898. The van der Waals surface area contributed by atoms with Crippen molar-refractivity contribution in [3.63, 3.8) is 0 Å². The second kappa shape index (κ2) is 9.61. The Kier molecular flexibility index (Phi) is 6.61. The summed E-state index contributed by atoms with van der Waals surface area (Å²) in [6.45, 7) is 6.08. The zero-order valence-electron chi connectivity index (χ0n) is 19.6. The van der Waals surface area contributed by atoms with E-state index in [2.05, 4.69) is 15.2 Å². The number of carbonyl (C=O) groups is 1. The summed E-state index contributed by atoms with van der Waals surface area (Å²) in [6, 6.07) is 11.5. The van der Waals surface area contributed by atoms with Crippen molar-refractivity contribution >= 4 is 16.8 Å². The number of hydrogen-bond donors (Lipinski definition) is 2. The van der Waals surface area contributed by atoms with E-state index in [1.165, 1.54) is 12.1 Å². The third kappa shape index (κ3) is 4.49. The molecule has 8 heteroatoms. The second-order valence-corrected chi connectivity index (χ2v) is 8.21. The van der Waals surface area contributed by atoms with Crippen LogP contribution in [-0.2, 0) is 6.54 Å². The van der Waals surface area contributed by atoms with Gasteiger partial charge in [-0.25, -0.2) is 4.39 Å². The maximum absolute atomic E-state index is 13.8. The van der Waals surface area contributed by atoms with Crippen molar-refractivity contribution in [2.24, 2.45) is 0 Å². The molecule has 2 aromatic heterocycles. The van der Waals surface area contributed by atoms with E-state index in [1.807, 2.05) is 13.8 Å². The Hall–Kier alpha value is -3.78. The number of rotatable bonds is 7. The van der Waals surface area contributed by atoms with Gasteiger partial charge in [0.15, 0.2) is 0 Å². The van der Waals surface area contributed by atoms with E-state index in [0.29, 0.717) is 47.0 Å². The molecular formula is C26H27FN4O3. The van der Waals surface area contributed by atoms with Crippen LogP contribution in [0.3, 0.4) is 0 Å². The fourth-order valence-electron chi connectivity index (χ4n) is 4.07. The molecule has 34 heavy (non-hydrogen) atoms. The third-order valence-corrected chi connectivity index (χ3v) is 5.74. The molecule has 0 spiro atoms. The quantitative estimate of drug-likeness (QED) is 0.412. The minimum atomic E-state index is -0.735. The molecule has 0 bridgehead atoms. The monoisotopic (exact) mass is 462 g/mol. The molecule has 1 atom stereocenters. The summed E-state index contributed by atoms with van der Waals surface area (Å²) in [5.74, 6) is -0.0172. The van der Waals surface area contributed by atoms with Gasteiger partial charge >= 0.3 is 0 Å². The van der Waals surface area contributed by atoms with E-state index in [0.717, 1.165) is 16.5 Å². The van der Waals surface area contributed by atoms with Gasteiger partial charge in [-0.15, -0.1) is 0 Å². The number of benzene rings is 2. The van der Waals surface area contributed by atoms with Crippen LogP contribution in [0, 0.1) is 12.7 Å². The maximum Gasteiger partial charge on any atom is 0.254 e. The predicted molar refractivity (Wildman–Crippen MR) is 128 cm³/mol. The standard InChI is InChI=1S/C26H27FN4O3/c1-5-34-23-12-18(9-10-20(23)17-7-6-8-19(27)11-17)26(33)31(4)14-22-15(2)29-24(16(3)32)21-13-28-30-25(21)22/h6-13,16,32H,5,14H2,1-4H3,(H,28,30). The molecule has 2 N–H and O–H groups in total. The summed E-state index contributed by atoms with van der Waals surface area (Å²) < 4.78 is 19.5. The van der Waals surface area contributed by atoms with Crippen LogP contribution in [-0.4, -0.2) is 44.7 Å². The topological polar surface area (TPSA) is 91.3 Å². The van der Waals surface area contributed by atoms with Crippen LogP contribution in [0.25, 0.3) is 22.0 Å². The average molecular weight is 463 g/mol. The van der Waals surface area contributed by atoms with Crippen LogP contribution >= 0.6 is 0 Å². The number of aromatic nitrogens is 3. The Morgan fingerprint density at radius 3 is 2.76 bits per heavy atom. The van der Waals surface area contributed by atoms with Gasteiger partial charge in [0, 0.05) is 41.4 Å². The molecule has 2 aromatic carbocycles. The number of halogens is 1. The number of nitrogens with one attached hydrogen (secondary N) is 1. The van der Waals surface area contributed by atoms with Gasteiger partial charge in [0.25, 0.3) is 5.91 Å². The van der Waals surface area contributed by atoms with Crippen molar-refractivity contribution in [2.45, 2.75) is 33.4 Å². The smallest absolute Gasteiger partial charge is 0.254 e. The highest BCUT2D eigenvalue weighted by Gasteiger charge is 2.21. The number of aliphatic hydroxyl groups excluding tert-OH is 1. The van der Waals surface area contributed by atoms with Gasteiger partial charge in [-0.1, -0.05) is 12.1 Å². The van der Waals surface area contributed by atoms with Crippen molar-refractivity contribution in [2.75, 3.05) is 13.7 Å². The van der Waals surface area contributed by atoms with E-state index in [1.54, 1.807) is 55.4 Å². The van der Waals surface area contributed by atoms with Crippen molar-refractivity contribution in [1.82, 2.24) is 20.1 Å². The van der Waals surface area contributed by atoms with Crippen molar-refractivity contribution in [1.29, 1.82) is 0 Å². The minimum absolute atomic E-state index is 0.196. The lowest BCUT2D eigenvalue weighted by molar-refractivity contribution is 0.0784. The van der Waals surface area contributed by atoms with Crippen LogP contribution < -0.4 is 4.74 Å². The SMILES string of the molecule is CCOc1cc(C(=O)N(C)Cc2c(C)nc(C(C)O)c3cn[nH]c23)ccc1-c1cccc(F)c1. The largest absolute Gasteiger partial charge is 0.493 e. The molecule has 0 radical (unpaired) electrons. The molecule has 0 fully saturated rings. The lowest BCUT2D eigenvalue weighted by Gasteiger charge is -2.21. The summed E-state index contributed by atoms with van der Waals surface area (Å²) in [5.41, 5.74) is 4.69. The number of nitrogens with zero attached hydrogens (tertiary/aromatic N) is 3. The third-order valence-electron chi connectivity index (χ3n) is 5.74. The van der Waals surface area contributed by atoms with Crippen molar-refractivity contribution < 1.29 is 19.0 Å². The first kappa shape index (κ1) is 23.4. The molecular weight excluding hydrogens is 435 g/mol. The molecule has 0 saturated heterocycles. The molecule has 0 aliphatic heterocycles. The molecule has 2 heterocycles. The number of H-pyrrole nitrogens is 1. The first-order valence-corrected chi connectivity index (χ1v) is 11.1. The number of hydrogen-bond acceptors (Lipinski definition) is 5. The zero-order chi connectivity index (χ0) is 24.4. The van der Waals surface area contributed by atoms with E-state index in [9.17, 15) is 14.3 Å². The summed E-state index contributed by atoms with van der Waals surface area (Å²) in [4.78, 5) is 19.4. The number of aromatic amines is 1. The molecule has 176 valence electrons. The first-order valence-electron chi connectivity index (χ1n) is 11.1. The minimum Gasteiger partial charge on any atom is -0.493 e. The number of carbonyl (C=O) groups excluding carboxylic acids is 1. The van der Waals surface area contributed by atoms with Crippen LogP contribution in [0.4, 0.5) is 4.39 Å². The van der Waals surface area contributed by atoms with Gasteiger partial charge in [0.05, 0.1) is 30.1 Å². The highest BCUT2D eigenvalue weighted by Crippen LogP contribution is 2.32. The van der Waals surface area contributed by atoms with Gasteiger partial charge in [-0.05, 0) is 56.7 Å². The Balaban J connectivity index is 1.65. The number of amides is 1. The zero-order valence-corrected chi connectivity index (χ0v) is 19.6. The molecule has 0 saturated carbocycles. The molecule has 0 aliphatic rings. The molecule has 1 amide bonds. The lowest BCUT2D eigenvalue weighted by Crippen LogP contribution is -2.27. The van der Waals surface area contributed by atoms with Gasteiger partial charge in [-0.3, -0.25) is 14.9 Å². The first-order chi connectivity index (χ1) is 16.3. The van der Waals surface area contributed by atoms with E-state index in [-0.39, 0.29) is 11.7 Å². The van der Waals surface area contributed by atoms with Crippen LogP contribution in [0.5, 0.6) is 5.75 Å². The number of pyridine rings is 1. The molecule has 7 nitrogen and oxygen atoms in total. The van der Waals surface area contributed by atoms with Crippen LogP contribution in [0.2, 0.25) is 0 Å². The maximum atomic E-state index is 13.8. The molecule has 4 aromatic rings. The second-order valence-electron chi connectivity index (χ2n) is 8.21. The summed E-state index contributed by atoms with van der Waals surface area (Å²) >= 11 is 0. The molecule has 4 rings (SSSR count). The predicted octanol–water partition coefficient (Wildman–Crippen LogP) is 4.80. The van der Waals surface area contributed by atoms with E-state index < -0.39 is 6.10 Å². The van der Waals surface area contributed by atoms with Gasteiger partial charge in [0.2, 0.25) is 0 Å². The van der Waals surface area contributed by atoms with Gasteiger partial charge in [0.1, 0.15) is 11.6 Å². The van der Waals surface area contributed by atoms with Crippen molar-refractivity contribution in [3.8, 4) is 16.9 Å². The highest BCUT2D eigenvalue weighted by molar-refractivity contribution is 5.96. The Morgan fingerprint density at radius 1 is 1.26 bits per heavy atom. The number of ether oxygens (including phenoxy) is 1. The van der Waals surface area contributed by atoms with Gasteiger partial charge < -0.3 is 14.7 Å². The van der Waals surface area contributed by atoms with E-state index >= 15 is 0 Å². The normalized spacial score (nSPS) is 12.1. The number of aliphatic hydroxyl groups is 1. The van der Waals surface area contributed by atoms with Crippen LogP contribution in [0.15, 0.2) is 48.7 Å². The average Bonchev–Trinajstić information content (AvgIpc) is 3.30.